The van der Waals surface area contributed by atoms with Gasteiger partial charge < -0.3 is 25.2 Å². The molecule has 3 rings (SSSR count). The van der Waals surface area contributed by atoms with Crippen LogP contribution in [0.2, 0.25) is 5.02 Å². The van der Waals surface area contributed by atoms with Gasteiger partial charge in [0.05, 0.1) is 16.4 Å². The molecule has 33 heavy (non-hydrogen) atoms. The molecular formula is C26H29ClN2O4. The number of carbonyl (C=O) groups is 1. The van der Waals surface area contributed by atoms with Gasteiger partial charge >= 0.3 is 0 Å². The number of phenolic OH excluding ortho intramolecular Hbond substituents is 1. The average Bonchev–Trinajstić information content (AvgIpc) is 2.80. The standard InChI is InChI=1S/C26H29ClN2O4/c1-6-20(32-21-12-11-15(2)13-16(21)3)26(31)29-19-14-23(17(4)24(27)25(19)30)33-22-10-8-7-9-18(22)28-5/h7-14,20,28,30H,6H2,1-5H3,(H,29,31). The number of phenols is 1. The maximum atomic E-state index is 13.0. The number of benzene rings is 3. The molecule has 0 bridgehead atoms. The topological polar surface area (TPSA) is 79.8 Å². The van der Waals surface area contributed by atoms with Gasteiger partial charge in [-0.15, -0.1) is 0 Å². The molecule has 6 nitrogen and oxygen atoms in total. The Kier molecular flexibility index (Phi) is 7.71. The molecule has 1 atom stereocenters. The number of nitrogens with one attached hydrogen (secondary N) is 2. The van der Waals surface area contributed by atoms with Crippen LogP contribution in [0, 0.1) is 20.8 Å². The molecule has 3 aromatic rings. The van der Waals surface area contributed by atoms with Crippen molar-refractivity contribution in [3.05, 3.63) is 70.2 Å². The second-order valence-electron chi connectivity index (χ2n) is 7.83. The summed E-state index contributed by atoms with van der Waals surface area (Å²) in [4.78, 5) is 13.0. The molecule has 1 unspecified atom stereocenters. The van der Waals surface area contributed by atoms with Crippen LogP contribution in [-0.2, 0) is 4.79 Å². The van der Waals surface area contributed by atoms with Crippen LogP contribution < -0.4 is 20.1 Å². The number of hydrogen-bond acceptors (Lipinski definition) is 5. The predicted octanol–water partition coefficient (Wildman–Crippen LogP) is 6.60. The summed E-state index contributed by atoms with van der Waals surface area (Å²) in [7, 11) is 1.80. The molecule has 0 saturated heterocycles. The van der Waals surface area contributed by atoms with Gasteiger partial charge in [0.1, 0.15) is 11.5 Å². The summed E-state index contributed by atoms with van der Waals surface area (Å²) in [6.07, 6.45) is -0.307. The number of carbonyl (C=O) groups excluding carboxylic acids is 1. The van der Waals surface area contributed by atoms with Gasteiger partial charge in [0, 0.05) is 18.7 Å². The second-order valence-corrected chi connectivity index (χ2v) is 8.21. The fourth-order valence-electron chi connectivity index (χ4n) is 3.41. The number of aromatic hydroxyl groups is 1. The molecule has 7 heteroatoms. The number of amides is 1. The molecule has 0 aliphatic heterocycles. The molecule has 0 aromatic heterocycles. The van der Waals surface area contributed by atoms with E-state index in [1.807, 2.05) is 63.2 Å². The maximum Gasteiger partial charge on any atom is 0.265 e. The van der Waals surface area contributed by atoms with Gasteiger partial charge in [-0.2, -0.15) is 0 Å². The first-order valence-corrected chi connectivity index (χ1v) is 11.1. The van der Waals surface area contributed by atoms with Gasteiger partial charge in [0.25, 0.3) is 5.91 Å². The van der Waals surface area contributed by atoms with Crippen LogP contribution in [0.5, 0.6) is 23.0 Å². The SMILES string of the molecule is CCC(Oc1ccc(C)cc1C)C(=O)Nc1cc(Oc2ccccc2NC)c(C)c(Cl)c1O. The van der Waals surface area contributed by atoms with Gasteiger partial charge in [-0.05, 0) is 51.0 Å². The van der Waals surface area contributed by atoms with E-state index < -0.39 is 12.0 Å². The molecular weight excluding hydrogens is 440 g/mol. The third-order valence-electron chi connectivity index (χ3n) is 5.33. The number of aryl methyl sites for hydroxylation is 2. The van der Waals surface area contributed by atoms with E-state index in [9.17, 15) is 9.90 Å². The lowest BCUT2D eigenvalue weighted by Gasteiger charge is -2.20. The van der Waals surface area contributed by atoms with Crippen molar-refractivity contribution in [2.45, 2.75) is 40.2 Å². The highest BCUT2D eigenvalue weighted by Crippen LogP contribution is 2.42. The van der Waals surface area contributed by atoms with Crippen LogP contribution in [0.4, 0.5) is 11.4 Å². The first-order chi connectivity index (χ1) is 15.7. The van der Waals surface area contributed by atoms with Crippen LogP contribution >= 0.6 is 11.6 Å². The highest BCUT2D eigenvalue weighted by molar-refractivity contribution is 6.33. The zero-order chi connectivity index (χ0) is 24.1. The Balaban J connectivity index is 1.86. The highest BCUT2D eigenvalue weighted by Gasteiger charge is 2.23. The Hall–Kier alpha value is -3.38. The molecule has 174 valence electrons. The number of para-hydroxylation sites is 2. The lowest BCUT2D eigenvalue weighted by Crippen LogP contribution is -2.32. The van der Waals surface area contributed by atoms with Crippen molar-refractivity contribution in [1.82, 2.24) is 0 Å². The van der Waals surface area contributed by atoms with E-state index >= 15 is 0 Å². The van der Waals surface area contributed by atoms with Crippen molar-refractivity contribution < 1.29 is 19.4 Å². The molecule has 0 fully saturated rings. The number of anilines is 2. The Morgan fingerprint density at radius 2 is 1.76 bits per heavy atom. The zero-order valence-corrected chi connectivity index (χ0v) is 20.2. The largest absolute Gasteiger partial charge is 0.504 e. The minimum Gasteiger partial charge on any atom is -0.504 e. The average molecular weight is 469 g/mol. The molecule has 0 aliphatic carbocycles. The Labute approximate surface area is 199 Å². The maximum absolute atomic E-state index is 13.0. The van der Waals surface area contributed by atoms with E-state index in [1.54, 1.807) is 20.0 Å². The fraction of sp³-hybridized carbons (Fsp3) is 0.269. The lowest BCUT2D eigenvalue weighted by atomic mass is 10.1. The molecule has 0 heterocycles. The Bertz CT molecular complexity index is 1160. The Morgan fingerprint density at radius 1 is 1.03 bits per heavy atom. The smallest absolute Gasteiger partial charge is 0.265 e. The monoisotopic (exact) mass is 468 g/mol. The Morgan fingerprint density at radius 3 is 2.42 bits per heavy atom. The molecule has 3 aromatic carbocycles. The number of rotatable bonds is 8. The molecule has 0 radical (unpaired) electrons. The van der Waals surface area contributed by atoms with Crippen molar-refractivity contribution >= 4 is 28.9 Å². The van der Waals surface area contributed by atoms with E-state index in [1.165, 1.54) is 0 Å². The lowest BCUT2D eigenvalue weighted by molar-refractivity contribution is -0.122. The molecule has 0 saturated carbocycles. The summed E-state index contributed by atoms with van der Waals surface area (Å²) >= 11 is 6.36. The van der Waals surface area contributed by atoms with Gasteiger partial charge in [-0.25, -0.2) is 0 Å². The van der Waals surface area contributed by atoms with Crippen molar-refractivity contribution in [3.8, 4) is 23.0 Å². The van der Waals surface area contributed by atoms with Crippen LogP contribution in [0.15, 0.2) is 48.5 Å². The number of ether oxygens (including phenoxy) is 2. The third kappa shape index (κ3) is 5.52. The van der Waals surface area contributed by atoms with Crippen LogP contribution in [-0.4, -0.2) is 24.2 Å². The summed E-state index contributed by atoms with van der Waals surface area (Å²) in [5, 5.41) is 16.5. The normalized spacial score (nSPS) is 11.6. The van der Waals surface area contributed by atoms with E-state index in [0.717, 1.165) is 16.8 Å². The van der Waals surface area contributed by atoms with E-state index in [-0.39, 0.29) is 16.5 Å². The molecule has 1 amide bonds. The van der Waals surface area contributed by atoms with E-state index in [2.05, 4.69) is 10.6 Å². The van der Waals surface area contributed by atoms with Crippen LogP contribution in [0.25, 0.3) is 0 Å². The number of halogens is 1. The highest BCUT2D eigenvalue weighted by atomic mass is 35.5. The predicted molar refractivity (Wildman–Crippen MR) is 133 cm³/mol. The summed E-state index contributed by atoms with van der Waals surface area (Å²) in [6.45, 7) is 7.53. The second kappa shape index (κ2) is 10.5. The quantitative estimate of drug-likeness (QED) is 0.324. The summed E-state index contributed by atoms with van der Waals surface area (Å²) < 4.78 is 12.0. The summed E-state index contributed by atoms with van der Waals surface area (Å²) in [5.74, 6) is 1.03. The summed E-state index contributed by atoms with van der Waals surface area (Å²) in [6, 6.07) is 14.8. The minimum atomic E-state index is -0.750. The van der Waals surface area contributed by atoms with E-state index in [0.29, 0.717) is 29.2 Å². The molecule has 3 N–H and O–H groups in total. The third-order valence-corrected chi connectivity index (χ3v) is 5.80. The van der Waals surface area contributed by atoms with Gasteiger partial charge in [-0.1, -0.05) is 48.4 Å². The fourth-order valence-corrected chi connectivity index (χ4v) is 3.61. The van der Waals surface area contributed by atoms with Gasteiger partial charge in [0.2, 0.25) is 0 Å². The van der Waals surface area contributed by atoms with Gasteiger partial charge in [0.15, 0.2) is 17.6 Å². The first-order valence-electron chi connectivity index (χ1n) is 10.8. The number of hydrogen-bond donors (Lipinski definition) is 3. The van der Waals surface area contributed by atoms with Crippen LogP contribution in [0.3, 0.4) is 0 Å². The summed E-state index contributed by atoms with van der Waals surface area (Å²) in [5.41, 5.74) is 3.55. The van der Waals surface area contributed by atoms with Crippen LogP contribution in [0.1, 0.15) is 30.0 Å². The van der Waals surface area contributed by atoms with Crippen molar-refractivity contribution in [3.63, 3.8) is 0 Å². The first kappa shape index (κ1) is 24.3. The van der Waals surface area contributed by atoms with Gasteiger partial charge in [-0.3, -0.25) is 4.79 Å². The zero-order valence-electron chi connectivity index (χ0n) is 19.5. The van der Waals surface area contributed by atoms with Crippen molar-refractivity contribution in [2.24, 2.45) is 0 Å². The molecule has 0 aliphatic rings. The van der Waals surface area contributed by atoms with Crippen molar-refractivity contribution in [2.75, 3.05) is 17.7 Å². The minimum absolute atomic E-state index is 0.105. The molecule has 0 spiro atoms. The van der Waals surface area contributed by atoms with E-state index in [4.69, 9.17) is 21.1 Å². The van der Waals surface area contributed by atoms with Crippen molar-refractivity contribution in [1.29, 1.82) is 0 Å².